The minimum absolute atomic E-state index is 0.0642. The van der Waals surface area contributed by atoms with E-state index in [4.69, 9.17) is 16.7 Å². The molecule has 0 saturated carbocycles. The van der Waals surface area contributed by atoms with Gasteiger partial charge in [0.2, 0.25) is 10.0 Å². The number of sulfonamides is 1. The molecule has 1 rings (SSSR count). The molecule has 0 aliphatic heterocycles. The summed E-state index contributed by atoms with van der Waals surface area (Å²) in [5.74, 6) is -1.25. The first kappa shape index (κ1) is 14.9. The maximum Gasteiger partial charge on any atom is 0.334 e. The minimum Gasteiger partial charge on any atom is -0.479 e. The number of aliphatic carboxylic acids is 1. The Bertz CT molecular complexity index is 531. The summed E-state index contributed by atoms with van der Waals surface area (Å²) in [6, 6.07) is 5.87. The summed E-state index contributed by atoms with van der Waals surface area (Å²) in [5.41, 5.74) is 0. The number of methoxy groups -OCH3 is 1. The first-order valence-electron chi connectivity index (χ1n) is 4.88. The highest BCUT2D eigenvalue weighted by atomic mass is 35.5. The molecule has 1 atom stereocenters. The van der Waals surface area contributed by atoms with Crippen LogP contribution in [0.3, 0.4) is 0 Å². The van der Waals surface area contributed by atoms with E-state index in [-0.39, 0.29) is 16.5 Å². The molecule has 1 aromatic carbocycles. The van der Waals surface area contributed by atoms with Gasteiger partial charge in [0, 0.05) is 13.7 Å². The highest BCUT2D eigenvalue weighted by molar-refractivity contribution is 7.89. The van der Waals surface area contributed by atoms with Crippen LogP contribution in [-0.2, 0) is 19.6 Å². The van der Waals surface area contributed by atoms with Gasteiger partial charge in [-0.05, 0) is 12.1 Å². The van der Waals surface area contributed by atoms with Crippen LogP contribution in [0.25, 0.3) is 0 Å². The van der Waals surface area contributed by atoms with Crippen LogP contribution >= 0.6 is 11.6 Å². The summed E-state index contributed by atoms with van der Waals surface area (Å²) in [6.07, 6.45) is -1.25. The minimum atomic E-state index is -3.85. The molecular formula is C10H12ClNO5S. The fraction of sp³-hybridized carbons (Fsp3) is 0.300. The molecule has 6 nitrogen and oxygen atoms in total. The van der Waals surface area contributed by atoms with Crippen molar-refractivity contribution in [3.63, 3.8) is 0 Å². The quantitative estimate of drug-likeness (QED) is 0.806. The molecule has 18 heavy (non-hydrogen) atoms. The van der Waals surface area contributed by atoms with E-state index >= 15 is 0 Å². The Morgan fingerprint density at radius 2 is 2.11 bits per heavy atom. The molecule has 0 saturated heterocycles. The Morgan fingerprint density at radius 3 is 2.61 bits per heavy atom. The van der Waals surface area contributed by atoms with Crippen molar-refractivity contribution >= 4 is 27.6 Å². The van der Waals surface area contributed by atoms with E-state index in [1.165, 1.54) is 25.3 Å². The lowest BCUT2D eigenvalue weighted by atomic mass is 10.4. The third kappa shape index (κ3) is 3.67. The summed E-state index contributed by atoms with van der Waals surface area (Å²) in [5, 5.41) is 8.77. The van der Waals surface area contributed by atoms with Crippen molar-refractivity contribution in [1.29, 1.82) is 0 Å². The predicted molar refractivity (Wildman–Crippen MR) is 65.1 cm³/mol. The van der Waals surface area contributed by atoms with Gasteiger partial charge in [-0.1, -0.05) is 23.7 Å². The second-order valence-corrected chi connectivity index (χ2v) is 5.49. The fourth-order valence-corrected chi connectivity index (χ4v) is 2.75. The van der Waals surface area contributed by atoms with Crippen molar-refractivity contribution in [3.8, 4) is 0 Å². The number of carbonyl (C=O) groups is 1. The largest absolute Gasteiger partial charge is 0.479 e. The van der Waals surface area contributed by atoms with Gasteiger partial charge >= 0.3 is 5.97 Å². The van der Waals surface area contributed by atoms with Gasteiger partial charge in [0.25, 0.3) is 0 Å². The van der Waals surface area contributed by atoms with Gasteiger partial charge in [0.1, 0.15) is 4.90 Å². The van der Waals surface area contributed by atoms with Gasteiger partial charge in [0.05, 0.1) is 5.02 Å². The molecule has 1 unspecified atom stereocenters. The summed E-state index contributed by atoms with van der Waals surface area (Å²) >= 11 is 5.75. The molecule has 0 radical (unpaired) electrons. The van der Waals surface area contributed by atoms with Crippen LogP contribution in [0.2, 0.25) is 5.02 Å². The Morgan fingerprint density at radius 1 is 1.50 bits per heavy atom. The zero-order valence-corrected chi connectivity index (χ0v) is 11.0. The van der Waals surface area contributed by atoms with Gasteiger partial charge in [-0.2, -0.15) is 0 Å². The molecule has 0 fully saturated rings. The van der Waals surface area contributed by atoms with Crippen LogP contribution in [0.5, 0.6) is 0 Å². The molecule has 100 valence electrons. The molecule has 0 aliphatic rings. The molecule has 0 spiro atoms. The van der Waals surface area contributed by atoms with Crippen molar-refractivity contribution in [1.82, 2.24) is 4.72 Å². The highest BCUT2D eigenvalue weighted by Crippen LogP contribution is 2.19. The zero-order chi connectivity index (χ0) is 13.8. The standard InChI is InChI=1S/C10H12ClNO5S/c1-17-8(10(13)14)6-12-18(15,16)9-5-3-2-4-7(9)11/h2-5,8,12H,6H2,1H3,(H,13,14). The maximum atomic E-state index is 11.9. The molecule has 0 amide bonds. The van der Waals surface area contributed by atoms with E-state index in [1.54, 1.807) is 6.07 Å². The Hall–Kier alpha value is -1.15. The van der Waals surface area contributed by atoms with Crippen LogP contribution in [0, 0.1) is 0 Å². The molecule has 0 aliphatic carbocycles. The average molecular weight is 294 g/mol. The van der Waals surface area contributed by atoms with Crippen molar-refractivity contribution < 1.29 is 23.1 Å². The second-order valence-electron chi connectivity index (χ2n) is 3.34. The summed E-state index contributed by atoms with van der Waals surface area (Å²) in [7, 11) is -2.67. The molecule has 2 N–H and O–H groups in total. The van der Waals surface area contributed by atoms with E-state index in [0.717, 1.165) is 0 Å². The van der Waals surface area contributed by atoms with Crippen molar-refractivity contribution in [3.05, 3.63) is 29.3 Å². The molecule has 0 aromatic heterocycles. The number of carboxylic acids is 1. The molecular weight excluding hydrogens is 282 g/mol. The lowest BCUT2D eigenvalue weighted by Crippen LogP contribution is -2.37. The molecule has 0 bridgehead atoms. The maximum absolute atomic E-state index is 11.9. The van der Waals surface area contributed by atoms with E-state index in [1.807, 2.05) is 0 Å². The topological polar surface area (TPSA) is 92.7 Å². The third-order valence-corrected chi connectivity index (χ3v) is 4.07. The summed E-state index contributed by atoms with van der Waals surface area (Å²) in [4.78, 5) is 10.6. The monoisotopic (exact) mass is 293 g/mol. The van der Waals surface area contributed by atoms with Crippen LogP contribution in [0.15, 0.2) is 29.2 Å². The smallest absolute Gasteiger partial charge is 0.334 e. The number of benzene rings is 1. The van der Waals surface area contributed by atoms with Crippen LogP contribution in [0.1, 0.15) is 0 Å². The summed E-state index contributed by atoms with van der Waals surface area (Å²) in [6.45, 7) is -0.376. The van der Waals surface area contributed by atoms with E-state index in [9.17, 15) is 13.2 Å². The van der Waals surface area contributed by atoms with Crippen molar-refractivity contribution in [2.75, 3.05) is 13.7 Å². The SMILES string of the molecule is COC(CNS(=O)(=O)c1ccccc1Cl)C(=O)O. The number of rotatable bonds is 6. The number of ether oxygens (including phenoxy) is 1. The van der Waals surface area contributed by atoms with Gasteiger partial charge in [-0.15, -0.1) is 0 Å². The van der Waals surface area contributed by atoms with Gasteiger partial charge in [-0.3, -0.25) is 0 Å². The Kier molecular flexibility index (Phi) is 5.09. The number of halogens is 1. The summed E-state index contributed by atoms with van der Waals surface area (Å²) < 4.78 is 30.4. The Labute approximate surface area is 110 Å². The second kappa shape index (κ2) is 6.14. The van der Waals surface area contributed by atoms with Gasteiger partial charge < -0.3 is 9.84 Å². The van der Waals surface area contributed by atoms with E-state index < -0.39 is 22.1 Å². The van der Waals surface area contributed by atoms with Crippen molar-refractivity contribution in [2.45, 2.75) is 11.0 Å². The van der Waals surface area contributed by atoms with E-state index in [2.05, 4.69) is 9.46 Å². The highest BCUT2D eigenvalue weighted by Gasteiger charge is 2.22. The lowest BCUT2D eigenvalue weighted by molar-refractivity contribution is -0.147. The van der Waals surface area contributed by atoms with Gasteiger partial charge in [0.15, 0.2) is 6.10 Å². The first-order chi connectivity index (χ1) is 8.38. The number of hydrogen-bond acceptors (Lipinski definition) is 4. The van der Waals surface area contributed by atoms with E-state index in [0.29, 0.717) is 0 Å². The average Bonchev–Trinajstić information content (AvgIpc) is 2.29. The molecule has 0 heterocycles. The van der Waals surface area contributed by atoms with Crippen molar-refractivity contribution in [2.24, 2.45) is 0 Å². The predicted octanol–water partition coefficient (Wildman–Crippen LogP) is 0.718. The van der Waals surface area contributed by atoms with Crippen LogP contribution in [0.4, 0.5) is 0 Å². The number of nitrogens with one attached hydrogen (secondary N) is 1. The zero-order valence-electron chi connectivity index (χ0n) is 9.46. The Balaban J connectivity index is 2.84. The number of carboxylic acid groups (broad SMARTS) is 1. The van der Waals surface area contributed by atoms with Gasteiger partial charge in [-0.25, -0.2) is 17.9 Å². The van der Waals surface area contributed by atoms with Crippen LogP contribution < -0.4 is 4.72 Å². The lowest BCUT2D eigenvalue weighted by Gasteiger charge is -2.12. The fourth-order valence-electron chi connectivity index (χ4n) is 1.20. The molecule has 8 heteroatoms. The first-order valence-corrected chi connectivity index (χ1v) is 6.74. The third-order valence-electron chi connectivity index (χ3n) is 2.14. The van der Waals surface area contributed by atoms with Crippen LogP contribution in [-0.4, -0.2) is 39.3 Å². The number of hydrogen-bond donors (Lipinski definition) is 2. The molecule has 1 aromatic rings. The normalized spacial score (nSPS) is 13.2.